The molecule has 0 fully saturated rings. The summed E-state index contributed by atoms with van der Waals surface area (Å²) in [4.78, 5) is 10.5. The van der Waals surface area contributed by atoms with Crippen LogP contribution in [0.5, 0.6) is 0 Å². The molecule has 0 aromatic heterocycles. The van der Waals surface area contributed by atoms with Crippen LogP contribution < -0.4 is 0 Å². The molecule has 0 radical (unpaired) electrons. The summed E-state index contributed by atoms with van der Waals surface area (Å²) in [6.07, 6.45) is -0.653. The van der Waals surface area contributed by atoms with Crippen LogP contribution in [0.2, 0.25) is 0 Å². The number of rotatable bonds is 1. The van der Waals surface area contributed by atoms with Crippen molar-refractivity contribution in [3.8, 4) is 6.07 Å². The van der Waals surface area contributed by atoms with E-state index in [-0.39, 0.29) is 5.41 Å². The number of esters is 1. The Morgan fingerprint density at radius 2 is 2.00 bits per heavy atom. The molecular weight excluding hydrogens is 142 g/mol. The summed E-state index contributed by atoms with van der Waals surface area (Å²) in [5.41, 5.74) is -0.305. The first-order chi connectivity index (χ1) is 4.88. The zero-order valence-corrected chi connectivity index (χ0v) is 7.34. The summed E-state index contributed by atoms with van der Waals surface area (Å²) in [7, 11) is 0. The Morgan fingerprint density at radius 3 is 2.09 bits per heavy atom. The lowest BCUT2D eigenvalue weighted by Crippen LogP contribution is -2.29. The van der Waals surface area contributed by atoms with E-state index in [0.717, 1.165) is 0 Å². The van der Waals surface area contributed by atoms with E-state index >= 15 is 0 Å². The predicted octanol–water partition coefficient (Wildman–Crippen LogP) is 1.49. The maximum Gasteiger partial charge on any atom is 0.303 e. The van der Waals surface area contributed by atoms with E-state index in [0.29, 0.717) is 0 Å². The Labute approximate surface area is 67.0 Å². The van der Waals surface area contributed by atoms with Gasteiger partial charge >= 0.3 is 5.97 Å². The normalized spacial score (nSPS) is 13.4. The second kappa shape index (κ2) is 3.38. The highest BCUT2D eigenvalue weighted by atomic mass is 16.5. The number of nitrogens with zero attached hydrogens (tertiary/aromatic N) is 1. The van der Waals surface area contributed by atoms with Crippen molar-refractivity contribution in [1.29, 1.82) is 5.26 Å². The molecule has 0 aliphatic rings. The predicted molar refractivity (Wildman–Crippen MR) is 40.6 cm³/mol. The quantitative estimate of drug-likeness (QED) is 0.539. The van der Waals surface area contributed by atoms with Crippen LogP contribution in [0.1, 0.15) is 27.7 Å². The molecule has 0 saturated carbocycles. The fourth-order valence-corrected chi connectivity index (χ4v) is 0.563. The van der Waals surface area contributed by atoms with E-state index in [9.17, 15) is 4.79 Å². The van der Waals surface area contributed by atoms with Gasteiger partial charge in [0.1, 0.15) is 6.07 Å². The molecule has 3 heteroatoms. The van der Waals surface area contributed by atoms with Crippen LogP contribution in [-0.4, -0.2) is 12.1 Å². The van der Waals surface area contributed by atoms with Crippen molar-refractivity contribution in [1.82, 2.24) is 0 Å². The van der Waals surface area contributed by atoms with Gasteiger partial charge in [0.2, 0.25) is 0 Å². The van der Waals surface area contributed by atoms with E-state index < -0.39 is 12.1 Å². The summed E-state index contributed by atoms with van der Waals surface area (Å²) < 4.78 is 4.76. The highest BCUT2D eigenvalue weighted by Gasteiger charge is 2.26. The zero-order chi connectivity index (χ0) is 9.07. The van der Waals surface area contributed by atoms with Gasteiger partial charge in [0.15, 0.2) is 6.10 Å². The van der Waals surface area contributed by atoms with E-state index in [1.54, 1.807) is 0 Å². The van der Waals surface area contributed by atoms with Gasteiger partial charge in [-0.2, -0.15) is 5.26 Å². The Morgan fingerprint density at radius 1 is 1.55 bits per heavy atom. The fourth-order valence-electron chi connectivity index (χ4n) is 0.563. The number of carbonyl (C=O) groups excluding carboxylic acids is 1. The largest absolute Gasteiger partial charge is 0.447 e. The van der Waals surface area contributed by atoms with E-state index in [4.69, 9.17) is 10.00 Å². The molecule has 0 heterocycles. The van der Waals surface area contributed by atoms with Crippen molar-refractivity contribution in [3.05, 3.63) is 0 Å². The Balaban J connectivity index is 4.22. The van der Waals surface area contributed by atoms with E-state index in [2.05, 4.69) is 0 Å². The number of ether oxygens (including phenoxy) is 1. The first-order valence-electron chi connectivity index (χ1n) is 3.44. The van der Waals surface area contributed by atoms with Gasteiger partial charge in [-0.25, -0.2) is 0 Å². The SMILES string of the molecule is CC(=O)OC(C#N)C(C)(C)C. The van der Waals surface area contributed by atoms with Crippen molar-refractivity contribution in [2.45, 2.75) is 33.8 Å². The third kappa shape index (κ3) is 3.61. The van der Waals surface area contributed by atoms with Gasteiger partial charge in [-0.15, -0.1) is 0 Å². The van der Waals surface area contributed by atoms with Crippen molar-refractivity contribution in [3.63, 3.8) is 0 Å². The molecule has 0 bridgehead atoms. The summed E-state index contributed by atoms with van der Waals surface area (Å²) in [6.45, 7) is 6.85. The summed E-state index contributed by atoms with van der Waals surface area (Å²) >= 11 is 0. The van der Waals surface area contributed by atoms with Gasteiger partial charge in [-0.05, 0) is 0 Å². The topological polar surface area (TPSA) is 50.1 Å². The molecule has 62 valence electrons. The molecule has 1 unspecified atom stereocenters. The minimum Gasteiger partial charge on any atom is -0.447 e. The van der Waals surface area contributed by atoms with Crippen LogP contribution in [0.3, 0.4) is 0 Å². The van der Waals surface area contributed by atoms with Gasteiger partial charge in [-0.1, -0.05) is 20.8 Å². The number of hydrogen-bond donors (Lipinski definition) is 0. The van der Waals surface area contributed by atoms with Gasteiger partial charge < -0.3 is 4.74 Å². The van der Waals surface area contributed by atoms with E-state index in [1.807, 2.05) is 26.8 Å². The summed E-state index contributed by atoms with van der Waals surface area (Å²) in [5.74, 6) is -0.411. The smallest absolute Gasteiger partial charge is 0.303 e. The second-order valence-corrected chi connectivity index (χ2v) is 3.48. The maximum atomic E-state index is 10.5. The number of nitriles is 1. The van der Waals surface area contributed by atoms with Crippen LogP contribution in [-0.2, 0) is 9.53 Å². The number of hydrogen-bond acceptors (Lipinski definition) is 3. The van der Waals surface area contributed by atoms with Crippen molar-refractivity contribution < 1.29 is 9.53 Å². The highest BCUT2D eigenvalue weighted by Crippen LogP contribution is 2.21. The first kappa shape index (κ1) is 9.96. The minimum atomic E-state index is -0.653. The molecule has 0 aromatic carbocycles. The standard InChI is InChI=1S/C8H13NO2/c1-6(10)11-7(5-9)8(2,3)4/h7H,1-4H3. The molecule has 3 nitrogen and oxygen atoms in total. The highest BCUT2D eigenvalue weighted by molar-refractivity contribution is 5.66. The van der Waals surface area contributed by atoms with Crippen LogP contribution in [0, 0.1) is 16.7 Å². The van der Waals surface area contributed by atoms with Crippen molar-refractivity contribution in [2.24, 2.45) is 5.41 Å². The molecule has 0 aromatic rings. The van der Waals surface area contributed by atoms with Crippen LogP contribution >= 0.6 is 0 Å². The Bertz CT molecular complexity index is 185. The van der Waals surface area contributed by atoms with Crippen LogP contribution in [0.15, 0.2) is 0 Å². The molecule has 0 rings (SSSR count). The lowest BCUT2D eigenvalue weighted by Gasteiger charge is -2.23. The fraction of sp³-hybridized carbons (Fsp3) is 0.750. The van der Waals surface area contributed by atoms with Crippen molar-refractivity contribution >= 4 is 5.97 Å². The van der Waals surface area contributed by atoms with Crippen LogP contribution in [0.25, 0.3) is 0 Å². The molecule has 11 heavy (non-hydrogen) atoms. The summed E-state index contributed by atoms with van der Waals surface area (Å²) in [5, 5.41) is 8.58. The second-order valence-electron chi connectivity index (χ2n) is 3.48. The average molecular weight is 155 g/mol. The lowest BCUT2D eigenvalue weighted by atomic mass is 9.90. The first-order valence-corrected chi connectivity index (χ1v) is 3.44. The zero-order valence-electron chi connectivity index (χ0n) is 7.34. The Kier molecular flexibility index (Phi) is 3.06. The monoisotopic (exact) mass is 155 g/mol. The maximum absolute atomic E-state index is 10.5. The van der Waals surface area contributed by atoms with Crippen LogP contribution in [0.4, 0.5) is 0 Å². The Hall–Kier alpha value is -1.04. The molecule has 0 spiro atoms. The molecule has 0 saturated heterocycles. The van der Waals surface area contributed by atoms with Crippen molar-refractivity contribution in [2.75, 3.05) is 0 Å². The van der Waals surface area contributed by atoms with Gasteiger partial charge in [0.25, 0.3) is 0 Å². The molecule has 0 aliphatic heterocycles. The molecule has 0 N–H and O–H groups in total. The molecular formula is C8H13NO2. The third-order valence-electron chi connectivity index (χ3n) is 1.19. The molecule has 0 amide bonds. The number of carbonyl (C=O) groups is 1. The third-order valence-corrected chi connectivity index (χ3v) is 1.19. The van der Waals surface area contributed by atoms with E-state index in [1.165, 1.54) is 6.92 Å². The average Bonchev–Trinajstić information content (AvgIpc) is 1.79. The van der Waals surface area contributed by atoms with Gasteiger partial charge in [0.05, 0.1) is 0 Å². The summed E-state index contributed by atoms with van der Waals surface area (Å²) in [6, 6.07) is 1.93. The minimum absolute atomic E-state index is 0.305. The van der Waals surface area contributed by atoms with Gasteiger partial charge in [-0.3, -0.25) is 4.79 Å². The van der Waals surface area contributed by atoms with Gasteiger partial charge in [0, 0.05) is 12.3 Å². The molecule has 1 atom stereocenters. The molecule has 0 aliphatic carbocycles. The lowest BCUT2D eigenvalue weighted by molar-refractivity contribution is -0.147.